The lowest BCUT2D eigenvalue weighted by Gasteiger charge is -2.37. The van der Waals surface area contributed by atoms with Gasteiger partial charge >= 0.3 is 5.97 Å². The van der Waals surface area contributed by atoms with E-state index in [2.05, 4.69) is 9.88 Å². The molecule has 0 saturated carbocycles. The third-order valence-electron chi connectivity index (χ3n) is 6.27. The molecular weight excluding hydrogens is 471 g/mol. The average molecular weight is 499 g/mol. The number of nitrogen functional groups attached to an aromatic ring is 1. The monoisotopic (exact) mass is 498 g/mol. The first-order valence-electron chi connectivity index (χ1n) is 11.3. The number of rotatable bonds is 3. The normalized spacial score (nSPS) is 17.1. The van der Waals surface area contributed by atoms with Crippen molar-refractivity contribution < 1.29 is 23.8 Å². The molecule has 1 saturated heterocycles. The van der Waals surface area contributed by atoms with E-state index in [1.807, 2.05) is 24.3 Å². The van der Waals surface area contributed by atoms with Crippen molar-refractivity contribution in [2.45, 2.75) is 13.0 Å². The Balaban J connectivity index is 0.000000256. The number of amides is 1. The van der Waals surface area contributed by atoms with Crippen LogP contribution in [0.3, 0.4) is 0 Å². The minimum atomic E-state index is -1.32. The molecule has 190 valence electrons. The molecule has 3 aromatic rings. The summed E-state index contributed by atoms with van der Waals surface area (Å²) in [5, 5.41) is 9.36. The van der Waals surface area contributed by atoms with Gasteiger partial charge in [0, 0.05) is 50.3 Å². The van der Waals surface area contributed by atoms with Crippen LogP contribution in [0.25, 0.3) is 10.9 Å². The van der Waals surface area contributed by atoms with Crippen LogP contribution in [0.4, 0.5) is 10.1 Å². The van der Waals surface area contributed by atoms with Crippen LogP contribution in [0.2, 0.25) is 0 Å². The van der Waals surface area contributed by atoms with Crippen LogP contribution in [0.1, 0.15) is 33.7 Å². The molecule has 5 rings (SSSR count). The predicted octanol–water partition coefficient (Wildman–Crippen LogP) is 1.23. The van der Waals surface area contributed by atoms with Crippen molar-refractivity contribution in [1.29, 1.82) is 0 Å². The van der Waals surface area contributed by atoms with Crippen molar-refractivity contribution in [3.63, 3.8) is 0 Å². The summed E-state index contributed by atoms with van der Waals surface area (Å²) in [4.78, 5) is 42.6. The molecule has 1 atom stereocenters. The Labute approximate surface area is 205 Å². The van der Waals surface area contributed by atoms with Gasteiger partial charge in [-0.15, -0.1) is 0 Å². The number of nitrogens with two attached hydrogens (primary N) is 1. The van der Waals surface area contributed by atoms with Crippen LogP contribution >= 0.6 is 0 Å². The van der Waals surface area contributed by atoms with Gasteiger partial charge in [0.1, 0.15) is 17.9 Å². The minimum Gasteiger partial charge on any atom is -0.487 e. The number of aromatic carboxylic acids is 1. The largest absolute Gasteiger partial charge is 0.487 e. The summed E-state index contributed by atoms with van der Waals surface area (Å²) in [6, 6.07) is 4.17. The number of aromatic nitrogens is 2. The molecule has 0 radical (unpaired) electrons. The fraction of sp³-hybridized carbons (Fsp3) is 0.333. The topological polar surface area (TPSA) is 143 Å². The molecular formula is C24H27FN6O5. The van der Waals surface area contributed by atoms with E-state index >= 15 is 0 Å². The van der Waals surface area contributed by atoms with E-state index in [1.165, 1.54) is 18.6 Å². The number of nitrogens with one attached hydrogen (secondary N) is 1. The van der Waals surface area contributed by atoms with Crippen LogP contribution in [-0.4, -0.2) is 71.3 Å². The maximum atomic E-state index is 15.0. The molecule has 0 unspecified atom stereocenters. The van der Waals surface area contributed by atoms with E-state index in [-0.39, 0.29) is 29.5 Å². The Bertz CT molecular complexity index is 1350. The Morgan fingerprint density at radius 3 is 2.50 bits per heavy atom. The molecule has 0 spiro atoms. The summed E-state index contributed by atoms with van der Waals surface area (Å²) in [7, 11) is 2.02. The molecule has 2 aliphatic rings. The van der Waals surface area contributed by atoms with Gasteiger partial charge in [-0.3, -0.25) is 20.0 Å². The molecule has 12 heteroatoms. The number of carboxylic acids is 1. The Kier molecular flexibility index (Phi) is 7.17. The highest BCUT2D eigenvalue weighted by Crippen LogP contribution is 2.42. The fourth-order valence-corrected chi connectivity index (χ4v) is 4.28. The molecule has 2 aliphatic heterocycles. The van der Waals surface area contributed by atoms with E-state index in [4.69, 9.17) is 10.6 Å². The zero-order chi connectivity index (χ0) is 26.0. The standard InChI is InChI=1S/C18H20FN3O4.C6H7N3O/c1-10-9-26-17-14-11(16(23)12(18(24)25)8-22(10)14)7-13(19)15(17)21-5-3-20(2)4-6-21;7-9-6(10)5-1-3-8-4-2-5/h7-8,10H,3-6,9H2,1-2H3,(H,24,25);1-4H,7H2,(H,9,10)/t10-;/m0./s1. The first-order valence-corrected chi connectivity index (χ1v) is 11.3. The maximum absolute atomic E-state index is 15.0. The second-order valence-electron chi connectivity index (χ2n) is 8.68. The number of halogens is 1. The lowest BCUT2D eigenvalue weighted by molar-refractivity contribution is 0.0694. The third kappa shape index (κ3) is 4.72. The van der Waals surface area contributed by atoms with Crippen LogP contribution in [-0.2, 0) is 0 Å². The predicted molar refractivity (Wildman–Crippen MR) is 131 cm³/mol. The number of hydrogen-bond donors (Lipinski definition) is 3. The van der Waals surface area contributed by atoms with Gasteiger partial charge in [0.2, 0.25) is 5.43 Å². The van der Waals surface area contributed by atoms with Crippen molar-refractivity contribution in [3.8, 4) is 5.75 Å². The van der Waals surface area contributed by atoms with E-state index in [9.17, 15) is 23.9 Å². The van der Waals surface area contributed by atoms with Crippen molar-refractivity contribution >= 4 is 28.5 Å². The SMILES string of the molecule is C[C@H]1COc2c(N3CCN(C)CC3)c(F)cc3c(=O)c(C(=O)O)cn1c23.NNC(=O)c1ccncc1. The number of nitrogens with zero attached hydrogens (tertiary/aromatic N) is 4. The molecule has 36 heavy (non-hydrogen) atoms. The zero-order valence-corrected chi connectivity index (χ0v) is 19.9. The maximum Gasteiger partial charge on any atom is 0.341 e. The summed E-state index contributed by atoms with van der Waals surface area (Å²) in [6.45, 7) is 5.08. The molecule has 2 aromatic heterocycles. The van der Waals surface area contributed by atoms with Gasteiger partial charge < -0.3 is 24.2 Å². The summed E-state index contributed by atoms with van der Waals surface area (Å²) in [5.74, 6) is 3.04. The quantitative estimate of drug-likeness (QED) is 0.276. The number of carbonyl (C=O) groups excluding carboxylic acids is 1. The summed E-state index contributed by atoms with van der Waals surface area (Å²) in [6.07, 6.45) is 4.41. The smallest absolute Gasteiger partial charge is 0.341 e. The number of pyridine rings is 2. The number of hydrogen-bond acceptors (Lipinski definition) is 8. The summed E-state index contributed by atoms with van der Waals surface area (Å²) in [5.41, 5.74) is 2.30. The number of likely N-dealkylation sites (N-methyl/N-ethyl adjacent to an activating group) is 1. The Hall–Kier alpha value is -4.03. The molecule has 1 aromatic carbocycles. The van der Waals surface area contributed by atoms with Gasteiger partial charge in [0.15, 0.2) is 11.6 Å². The highest BCUT2D eigenvalue weighted by molar-refractivity contribution is 5.97. The lowest BCUT2D eigenvalue weighted by atomic mass is 10.1. The summed E-state index contributed by atoms with van der Waals surface area (Å²) < 4.78 is 22.6. The van der Waals surface area contributed by atoms with Crippen molar-refractivity contribution in [3.05, 3.63) is 64.0 Å². The number of hydrazine groups is 1. The summed E-state index contributed by atoms with van der Waals surface area (Å²) >= 11 is 0. The number of carboxylic acid groups (broad SMARTS) is 1. The first kappa shape index (κ1) is 25.1. The van der Waals surface area contributed by atoms with Crippen molar-refractivity contribution in [1.82, 2.24) is 19.9 Å². The first-order chi connectivity index (χ1) is 17.2. The van der Waals surface area contributed by atoms with Crippen LogP contribution < -0.4 is 26.3 Å². The van der Waals surface area contributed by atoms with Gasteiger partial charge in [-0.25, -0.2) is 15.0 Å². The average Bonchev–Trinajstić information content (AvgIpc) is 2.88. The zero-order valence-electron chi connectivity index (χ0n) is 19.9. The highest BCUT2D eigenvalue weighted by Gasteiger charge is 2.30. The number of ether oxygens (including phenoxy) is 1. The number of piperazine rings is 1. The van der Waals surface area contributed by atoms with Gasteiger partial charge in [-0.2, -0.15) is 0 Å². The number of benzene rings is 1. The molecule has 1 amide bonds. The van der Waals surface area contributed by atoms with Crippen LogP contribution in [0, 0.1) is 5.82 Å². The number of carbonyl (C=O) groups is 2. The van der Waals surface area contributed by atoms with Gasteiger partial charge in [-0.05, 0) is 32.2 Å². The molecule has 1 fully saturated rings. The van der Waals surface area contributed by atoms with Gasteiger partial charge in [0.05, 0.1) is 16.9 Å². The van der Waals surface area contributed by atoms with Crippen molar-refractivity contribution in [2.24, 2.45) is 5.84 Å². The minimum absolute atomic E-state index is 0.0434. The second-order valence-corrected chi connectivity index (χ2v) is 8.68. The molecule has 0 aliphatic carbocycles. The Morgan fingerprint density at radius 2 is 1.89 bits per heavy atom. The fourth-order valence-electron chi connectivity index (χ4n) is 4.28. The van der Waals surface area contributed by atoms with Gasteiger partial charge in [-0.1, -0.05) is 0 Å². The third-order valence-corrected chi connectivity index (χ3v) is 6.27. The van der Waals surface area contributed by atoms with Gasteiger partial charge in [0.25, 0.3) is 5.91 Å². The van der Waals surface area contributed by atoms with Crippen LogP contribution in [0.15, 0.2) is 41.6 Å². The number of anilines is 1. The molecule has 4 N–H and O–H groups in total. The van der Waals surface area contributed by atoms with E-state index in [1.54, 1.807) is 16.7 Å². The second kappa shape index (κ2) is 10.3. The van der Waals surface area contributed by atoms with E-state index < -0.39 is 17.2 Å². The lowest BCUT2D eigenvalue weighted by Crippen LogP contribution is -2.45. The Morgan fingerprint density at radius 1 is 1.22 bits per heavy atom. The van der Waals surface area contributed by atoms with Crippen molar-refractivity contribution in [2.75, 3.05) is 44.7 Å². The van der Waals surface area contributed by atoms with E-state index in [0.29, 0.717) is 35.6 Å². The molecule has 0 bridgehead atoms. The molecule has 11 nitrogen and oxygen atoms in total. The highest BCUT2D eigenvalue weighted by atomic mass is 19.1. The van der Waals surface area contributed by atoms with Crippen LogP contribution in [0.5, 0.6) is 5.75 Å². The van der Waals surface area contributed by atoms with E-state index in [0.717, 1.165) is 19.2 Å². The molecule has 4 heterocycles.